The largest absolute Gasteiger partial charge is 0.348 e. The summed E-state index contributed by atoms with van der Waals surface area (Å²) in [5.41, 5.74) is 3.60. The Morgan fingerprint density at radius 1 is 1.13 bits per heavy atom. The maximum Gasteiger partial charge on any atom is 0.186 e. The minimum Gasteiger partial charge on any atom is -0.348 e. The Bertz CT molecular complexity index is 1260. The molecule has 2 saturated heterocycles. The standard InChI is InChI=1S/C22H23FN6S.ClH/c1-28-11-19-18(27-28)6-5-17(25-19)12-7-16(23)21-20(8-12)30-22(26-21)29(2)15-9-13-3-4-14(10-15)24-13;/h5-8,11,13-15,24H,3-4,9-10H2,1-2H3;1H/t13-,14+,15?;. The molecule has 1 aromatic carbocycles. The highest BCUT2D eigenvalue weighted by atomic mass is 35.5. The minimum absolute atomic E-state index is 0. The summed E-state index contributed by atoms with van der Waals surface area (Å²) in [6, 6.07) is 9.06. The van der Waals surface area contributed by atoms with E-state index >= 15 is 0 Å². The van der Waals surface area contributed by atoms with Gasteiger partial charge in [-0.25, -0.2) is 14.4 Å². The smallest absolute Gasteiger partial charge is 0.186 e. The van der Waals surface area contributed by atoms with E-state index in [1.165, 1.54) is 12.8 Å². The van der Waals surface area contributed by atoms with Crippen LogP contribution in [0.15, 0.2) is 30.5 Å². The molecule has 6 rings (SSSR count). The maximum atomic E-state index is 15.0. The number of benzene rings is 1. The van der Waals surface area contributed by atoms with Gasteiger partial charge in [0.1, 0.15) is 16.6 Å². The van der Waals surface area contributed by atoms with Crippen molar-refractivity contribution in [2.24, 2.45) is 7.05 Å². The number of hydrogen-bond acceptors (Lipinski definition) is 6. The van der Waals surface area contributed by atoms with Crippen molar-refractivity contribution in [3.05, 3.63) is 36.3 Å². The van der Waals surface area contributed by atoms with Gasteiger partial charge in [0.25, 0.3) is 0 Å². The molecule has 0 aliphatic carbocycles. The van der Waals surface area contributed by atoms with Crippen LogP contribution in [0.5, 0.6) is 0 Å². The summed E-state index contributed by atoms with van der Waals surface area (Å²) in [7, 11) is 3.97. The van der Waals surface area contributed by atoms with E-state index in [-0.39, 0.29) is 18.2 Å². The number of fused-ring (bicyclic) bond motifs is 4. The van der Waals surface area contributed by atoms with Gasteiger partial charge in [0.05, 0.1) is 16.6 Å². The number of rotatable bonds is 3. The Hall–Kier alpha value is -2.29. The highest BCUT2D eigenvalue weighted by molar-refractivity contribution is 7.22. The molecule has 2 fully saturated rings. The molecule has 1 N–H and O–H groups in total. The summed E-state index contributed by atoms with van der Waals surface area (Å²) in [6.07, 6.45) is 6.67. The number of nitrogens with one attached hydrogen (secondary N) is 1. The molecule has 0 spiro atoms. The zero-order valence-corrected chi connectivity index (χ0v) is 19.0. The summed E-state index contributed by atoms with van der Waals surface area (Å²) in [4.78, 5) is 11.6. The van der Waals surface area contributed by atoms with Crippen molar-refractivity contribution in [2.75, 3.05) is 11.9 Å². The van der Waals surface area contributed by atoms with Gasteiger partial charge in [-0.15, -0.1) is 12.4 Å². The van der Waals surface area contributed by atoms with Crippen LogP contribution in [0.4, 0.5) is 9.52 Å². The second-order valence-electron chi connectivity index (χ2n) is 8.58. The number of aryl methyl sites for hydroxylation is 1. The third kappa shape index (κ3) is 3.56. The first-order valence-corrected chi connectivity index (χ1v) is 11.2. The molecule has 2 aliphatic heterocycles. The first kappa shape index (κ1) is 20.6. The quantitative estimate of drug-likeness (QED) is 0.489. The highest BCUT2D eigenvalue weighted by Gasteiger charge is 2.35. The van der Waals surface area contributed by atoms with Crippen LogP contribution in [0, 0.1) is 5.82 Å². The molecule has 2 aliphatic rings. The SMILES string of the molecule is CN(c1nc2c(F)cc(-c3ccc4nn(C)cc4n3)cc2s1)C1C[C@H]2CC[C@@H](C1)N2.Cl. The molecule has 0 radical (unpaired) electrons. The minimum atomic E-state index is -0.295. The molecule has 0 amide bonds. The molecular formula is C22H24ClFN6S. The fourth-order valence-corrected chi connectivity index (χ4v) is 6.01. The Labute approximate surface area is 189 Å². The molecular weight excluding hydrogens is 435 g/mol. The fourth-order valence-electron chi connectivity index (χ4n) is 4.96. The summed E-state index contributed by atoms with van der Waals surface area (Å²) >= 11 is 1.56. The normalized spacial score (nSPS) is 22.7. The van der Waals surface area contributed by atoms with Crippen LogP contribution in [0.2, 0.25) is 0 Å². The van der Waals surface area contributed by atoms with Gasteiger partial charge < -0.3 is 10.2 Å². The van der Waals surface area contributed by atoms with Crippen molar-refractivity contribution in [3.63, 3.8) is 0 Å². The van der Waals surface area contributed by atoms with E-state index in [0.717, 1.165) is 45.0 Å². The van der Waals surface area contributed by atoms with E-state index in [0.29, 0.717) is 23.6 Å². The van der Waals surface area contributed by atoms with Gasteiger partial charge in [0, 0.05) is 37.8 Å². The number of thiazole rings is 1. The van der Waals surface area contributed by atoms with Crippen LogP contribution in [0.1, 0.15) is 25.7 Å². The lowest BCUT2D eigenvalue weighted by Gasteiger charge is -2.35. The Balaban J connectivity index is 0.00000204. The lowest BCUT2D eigenvalue weighted by molar-refractivity contribution is 0.354. The van der Waals surface area contributed by atoms with E-state index in [1.807, 2.05) is 31.4 Å². The molecule has 31 heavy (non-hydrogen) atoms. The molecule has 3 atom stereocenters. The van der Waals surface area contributed by atoms with Crippen LogP contribution in [-0.4, -0.2) is 44.9 Å². The van der Waals surface area contributed by atoms with Gasteiger partial charge in [-0.1, -0.05) is 11.3 Å². The second kappa shape index (κ2) is 7.69. The Kier molecular flexibility index (Phi) is 5.11. The number of piperidine rings is 1. The Morgan fingerprint density at radius 2 is 1.90 bits per heavy atom. The first-order valence-electron chi connectivity index (χ1n) is 10.4. The van der Waals surface area contributed by atoms with Crippen molar-refractivity contribution in [1.29, 1.82) is 0 Å². The zero-order chi connectivity index (χ0) is 20.4. The molecule has 1 unspecified atom stereocenters. The van der Waals surface area contributed by atoms with E-state index in [4.69, 9.17) is 0 Å². The van der Waals surface area contributed by atoms with Gasteiger partial charge in [-0.2, -0.15) is 5.10 Å². The van der Waals surface area contributed by atoms with Crippen LogP contribution in [0.3, 0.4) is 0 Å². The van der Waals surface area contributed by atoms with Gasteiger partial charge >= 0.3 is 0 Å². The van der Waals surface area contributed by atoms with Crippen molar-refractivity contribution >= 4 is 50.1 Å². The van der Waals surface area contributed by atoms with E-state index in [9.17, 15) is 4.39 Å². The average Bonchev–Trinajstić information content (AvgIpc) is 3.42. The zero-order valence-electron chi connectivity index (χ0n) is 17.4. The molecule has 4 aromatic rings. The van der Waals surface area contributed by atoms with Crippen LogP contribution < -0.4 is 10.2 Å². The number of nitrogens with zero attached hydrogens (tertiary/aromatic N) is 5. The molecule has 2 bridgehead atoms. The predicted molar refractivity (Wildman–Crippen MR) is 126 cm³/mol. The molecule has 6 nitrogen and oxygen atoms in total. The van der Waals surface area contributed by atoms with E-state index in [1.54, 1.807) is 22.1 Å². The molecule has 5 heterocycles. The number of aromatic nitrogens is 4. The fraction of sp³-hybridized carbons (Fsp3) is 0.409. The van der Waals surface area contributed by atoms with Crippen molar-refractivity contribution in [1.82, 2.24) is 25.1 Å². The van der Waals surface area contributed by atoms with E-state index in [2.05, 4.69) is 32.3 Å². The molecule has 162 valence electrons. The first-order chi connectivity index (χ1) is 14.5. The molecule has 3 aromatic heterocycles. The van der Waals surface area contributed by atoms with Gasteiger partial charge in [0.2, 0.25) is 0 Å². The van der Waals surface area contributed by atoms with Crippen LogP contribution >= 0.6 is 23.7 Å². The topological polar surface area (TPSA) is 58.9 Å². The lowest BCUT2D eigenvalue weighted by Crippen LogP contribution is -2.47. The third-order valence-corrected chi connectivity index (χ3v) is 7.60. The summed E-state index contributed by atoms with van der Waals surface area (Å²) in [5.74, 6) is -0.295. The number of hydrogen-bond donors (Lipinski definition) is 1. The summed E-state index contributed by atoms with van der Waals surface area (Å²) < 4.78 is 17.6. The van der Waals surface area contributed by atoms with Crippen LogP contribution in [-0.2, 0) is 7.05 Å². The van der Waals surface area contributed by atoms with Crippen molar-refractivity contribution in [2.45, 2.75) is 43.8 Å². The Morgan fingerprint density at radius 3 is 2.68 bits per heavy atom. The maximum absolute atomic E-state index is 15.0. The molecule has 0 saturated carbocycles. The van der Waals surface area contributed by atoms with Crippen molar-refractivity contribution < 1.29 is 4.39 Å². The monoisotopic (exact) mass is 458 g/mol. The van der Waals surface area contributed by atoms with Gasteiger partial charge in [-0.05, 0) is 49.9 Å². The number of halogens is 2. The predicted octanol–water partition coefficient (Wildman–Crippen LogP) is 4.53. The summed E-state index contributed by atoms with van der Waals surface area (Å²) in [6.45, 7) is 0. The van der Waals surface area contributed by atoms with E-state index < -0.39 is 0 Å². The average molecular weight is 459 g/mol. The number of pyridine rings is 1. The number of anilines is 1. The molecule has 9 heteroatoms. The highest BCUT2D eigenvalue weighted by Crippen LogP contribution is 2.37. The second-order valence-corrected chi connectivity index (χ2v) is 9.59. The van der Waals surface area contributed by atoms with Gasteiger partial charge in [0.15, 0.2) is 10.9 Å². The summed E-state index contributed by atoms with van der Waals surface area (Å²) in [5, 5.41) is 8.94. The van der Waals surface area contributed by atoms with Crippen LogP contribution in [0.25, 0.3) is 32.5 Å². The lowest BCUT2D eigenvalue weighted by atomic mass is 9.99. The van der Waals surface area contributed by atoms with Crippen molar-refractivity contribution in [3.8, 4) is 11.3 Å². The third-order valence-electron chi connectivity index (χ3n) is 6.51. The van der Waals surface area contributed by atoms with Gasteiger partial charge in [-0.3, -0.25) is 4.68 Å².